The fourth-order valence-electron chi connectivity index (χ4n) is 1.72. The second kappa shape index (κ2) is 9.57. The van der Waals surface area contributed by atoms with Gasteiger partial charge in [-0.1, -0.05) is 0 Å². The second-order valence-electron chi connectivity index (χ2n) is 4.67. The fourth-order valence-corrected chi connectivity index (χ4v) is 2.99. The minimum Gasteiger partial charge on any atom is -0.356 e. The summed E-state index contributed by atoms with van der Waals surface area (Å²) in [5, 5.41) is 6.23. The lowest BCUT2D eigenvalue weighted by atomic mass is 10.4. The first kappa shape index (κ1) is 20.6. The van der Waals surface area contributed by atoms with Gasteiger partial charge in [0.1, 0.15) is 9.84 Å². The predicted octanol–water partition coefficient (Wildman–Crippen LogP) is 1.51. The van der Waals surface area contributed by atoms with E-state index in [2.05, 4.69) is 15.3 Å². The molecular formula is C12H23IN4O2S2. The van der Waals surface area contributed by atoms with Gasteiger partial charge in [-0.15, -0.1) is 35.3 Å². The Morgan fingerprint density at radius 3 is 2.67 bits per heavy atom. The topological polar surface area (TPSA) is 74.7 Å². The maximum absolute atomic E-state index is 11.0. The highest BCUT2D eigenvalue weighted by Gasteiger charge is 2.09. The third-order valence-corrected chi connectivity index (χ3v) is 4.47. The molecule has 1 heterocycles. The van der Waals surface area contributed by atoms with Crippen molar-refractivity contribution in [1.82, 2.24) is 15.2 Å². The summed E-state index contributed by atoms with van der Waals surface area (Å²) in [6.07, 6.45) is 1.82. The van der Waals surface area contributed by atoms with Crippen LogP contribution in [0.5, 0.6) is 0 Å². The van der Waals surface area contributed by atoms with Crippen molar-refractivity contribution < 1.29 is 8.42 Å². The van der Waals surface area contributed by atoms with Crippen molar-refractivity contribution in [3.05, 3.63) is 16.1 Å². The first-order valence-corrected chi connectivity index (χ1v) is 9.26. The average molecular weight is 446 g/mol. The van der Waals surface area contributed by atoms with Crippen LogP contribution >= 0.6 is 35.3 Å². The number of guanidine groups is 1. The molecule has 0 bridgehead atoms. The lowest BCUT2D eigenvalue weighted by Gasteiger charge is -2.21. The molecule has 0 radical (unpaired) electrons. The molecule has 0 unspecified atom stereocenters. The molecule has 1 aromatic heterocycles. The molecule has 0 aliphatic rings. The second-order valence-corrected chi connectivity index (χ2v) is 7.99. The summed E-state index contributed by atoms with van der Waals surface area (Å²) in [5.41, 5.74) is 1.01. The predicted molar refractivity (Wildman–Crippen MR) is 99.4 cm³/mol. The van der Waals surface area contributed by atoms with E-state index in [0.717, 1.165) is 16.7 Å². The van der Waals surface area contributed by atoms with Crippen LogP contribution in [-0.4, -0.2) is 56.9 Å². The number of aryl methyl sites for hydroxylation is 1. The molecule has 0 saturated heterocycles. The SMILES string of the molecule is CN=C(NCCCS(C)(=O)=O)N(C)Cc1csc(C)n1.I. The van der Waals surface area contributed by atoms with Gasteiger partial charge in [-0.05, 0) is 13.3 Å². The molecule has 1 rings (SSSR count). The third-order valence-electron chi connectivity index (χ3n) is 2.61. The van der Waals surface area contributed by atoms with E-state index in [1.54, 1.807) is 18.4 Å². The van der Waals surface area contributed by atoms with Crippen LogP contribution in [0.2, 0.25) is 0 Å². The summed E-state index contributed by atoms with van der Waals surface area (Å²) in [7, 11) is 0.744. The minimum absolute atomic E-state index is 0. The Morgan fingerprint density at radius 1 is 1.52 bits per heavy atom. The number of rotatable bonds is 6. The molecule has 9 heteroatoms. The first-order valence-electron chi connectivity index (χ1n) is 6.32. The summed E-state index contributed by atoms with van der Waals surface area (Å²) in [4.78, 5) is 10.6. The average Bonchev–Trinajstić information content (AvgIpc) is 2.73. The van der Waals surface area contributed by atoms with E-state index in [9.17, 15) is 8.42 Å². The van der Waals surface area contributed by atoms with E-state index < -0.39 is 9.84 Å². The molecule has 0 saturated carbocycles. The van der Waals surface area contributed by atoms with E-state index in [-0.39, 0.29) is 29.7 Å². The normalized spacial score (nSPS) is 11.9. The number of thiazole rings is 1. The van der Waals surface area contributed by atoms with Crippen molar-refractivity contribution in [3.63, 3.8) is 0 Å². The standard InChI is InChI=1S/C12H22N4O2S2.HI/c1-10-15-11(9-19-10)8-16(3)12(13-2)14-6-5-7-20(4,17)18;/h9H,5-8H2,1-4H3,(H,13,14);1H. The van der Waals surface area contributed by atoms with Gasteiger partial charge in [-0.3, -0.25) is 4.99 Å². The molecule has 0 amide bonds. The number of nitrogens with one attached hydrogen (secondary N) is 1. The zero-order valence-electron chi connectivity index (χ0n) is 12.8. The highest BCUT2D eigenvalue weighted by atomic mass is 127. The molecule has 122 valence electrons. The van der Waals surface area contributed by atoms with Crippen molar-refractivity contribution in [2.75, 3.05) is 32.6 Å². The van der Waals surface area contributed by atoms with Crippen LogP contribution in [-0.2, 0) is 16.4 Å². The zero-order valence-corrected chi connectivity index (χ0v) is 16.8. The zero-order chi connectivity index (χ0) is 15.2. The molecule has 21 heavy (non-hydrogen) atoms. The van der Waals surface area contributed by atoms with Gasteiger partial charge in [0.2, 0.25) is 0 Å². The Bertz CT molecular complexity index is 557. The van der Waals surface area contributed by atoms with Crippen LogP contribution in [0.25, 0.3) is 0 Å². The molecule has 0 aromatic carbocycles. The van der Waals surface area contributed by atoms with Crippen LogP contribution in [0.1, 0.15) is 17.1 Å². The number of aliphatic imine (C=N–C) groups is 1. The molecule has 1 aromatic rings. The summed E-state index contributed by atoms with van der Waals surface area (Å²) in [6, 6.07) is 0. The molecule has 0 spiro atoms. The first-order chi connectivity index (χ1) is 9.31. The number of hydrogen-bond donors (Lipinski definition) is 1. The van der Waals surface area contributed by atoms with E-state index in [1.807, 2.05) is 24.3 Å². The Balaban J connectivity index is 0.00000400. The van der Waals surface area contributed by atoms with Gasteiger partial charge in [0.25, 0.3) is 0 Å². The van der Waals surface area contributed by atoms with E-state index in [0.29, 0.717) is 19.5 Å². The van der Waals surface area contributed by atoms with Crippen LogP contribution in [0, 0.1) is 6.92 Å². The highest BCUT2D eigenvalue weighted by molar-refractivity contribution is 14.0. The van der Waals surface area contributed by atoms with Crippen LogP contribution in [0.3, 0.4) is 0 Å². The highest BCUT2D eigenvalue weighted by Crippen LogP contribution is 2.09. The van der Waals surface area contributed by atoms with Gasteiger partial charge in [0.05, 0.1) is 23.0 Å². The molecule has 0 atom stereocenters. The summed E-state index contributed by atoms with van der Waals surface area (Å²) >= 11 is 1.63. The number of halogens is 1. The van der Waals surface area contributed by atoms with Gasteiger partial charge >= 0.3 is 0 Å². The van der Waals surface area contributed by atoms with Gasteiger partial charge in [0, 0.05) is 32.3 Å². The Labute approximate surface area is 148 Å². The number of sulfone groups is 1. The Kier molecular flexibility index (Phi) is 9.38. The smallest absolute Gasteiger partial charge is 0.193 e. The lowest BCUT2D eigenvalue weighted by Crippen LogP contribution is -2.39. The molecule has 1 N–H and O–H groups in total. The Hall–Kier alpha value is -0.420. The molecular weight excluding hydrogens is 423 g/mol. The van der Waals surface area contributed by atoms with Crippen LogP contribution in [0.15, 0.2) is 10.4 Å². The molecule has 0 aliphatic carbocycles. The number of aromatic nitrogens is 1. The van der Waals surface area contributed by atoms with Crippen molar-refractivity contribution in [2.24, 2.45) is 4.99 Å². The van der Waals surface area contributed by atoms with Gasteiger partial charge < -0.3 is 10.2 Å². The fraction of sp³-hybridized carbons (Fsp3) is 0.667. The monoisotopic (exact) mass is 446 g/mol. The van der Waals surface area contributed by atoms with Crippen molar-refractivity contribution in [1.29, 1.82) is 0 Å². The summed E-state index contributed by atoms with van der Waals surface area (Å²) in [5.74, 6) is 0.926. The molecule has 6 nitrogen and oxygen atoms in total. The number of hydrogen-bond acceptors (Lipinski definition) is 5. The maximum Gasteiger partial charge on any atom is 0.193 e. The van der Waals surface area contributed by atoms with Gasteiger partial charge in [-0.2, -0.15) is 0 Å². The number of nitrogens with zero attached hydrogens (tertiary/aromatic N) is 3. The van der Waals surface area contributed by atoms with E-state index in [1.165, 1.54) is 6.26 Å². The van der Waals surface area contributed by atoms with Crippen molar-refractivity contribution in [2.45, 2.75) is 19.9 Å². The van der Waals surface area contributed by atoms with E-state index in [4.69, 9.17) is 0 Å². The van der Waals surface area contributed by atoms with Gasteiger partial charge in [-0.25, -0.2) is 13.4 Å². The van der Waals surface area contributed by atoms with E-state index >= 15 is 0 Å². The third kappa shape index (κ3) is 8.57. The van der Waals surface area contributed by atoms with Crippen molar-refractivity contribution >= 4 is 51.1 Å². The largest absolute Gasteiger partial charge is 0.356 e. The molecule has 0 fully saturated rings. The quantitative estimate of drug-likeness (QED) is 0.311. The maximum atomic E-state index is 11.0. The van der Waals surface area contributed by atoms with Gasteiger partial charge in [0.15, 0.2) is 5.96 Å². The lowest BCUT2D eigenvalue weighted by molar-refractivity contribution is 0.470. The van der Waals surface area contributed by atoms with Crippen molar-refractivity contribution in [3.8, 4) is 0 Å². The van der Waals surface area contributed by atoms with Crippen LogP contribution < -0.4 is 5.32 Å². The minimum atomic E-state index is -2.90. The summed E-state index contributed by atoms with van der Waals surface area (Å²) < 4.78 is 22.1. The molecule has 0 aliphatic heterocycles. The van der Waals surface area contributed by atoms with Crippen LogP contribution in [0.4, 0.5) is 0 Å². The summed E-state index contributed by atoms with van der Waals surface area (Å²) in [6.45, 7) is 3.24. The Morgan fingerprint density at radius 2 is 2.19 bits per heavy atom.